The molecule has 0 saturated carbocycles. The van der Waals surface area contributed by atoms with Gasteiger partial charge in [-0.25, -0.2) is 0 Å². The zero-order chi connectivity index (χ0) is 19.1. The minimum Gasteiger partial charge on any atom is -0.497 e. The van der Waals surface area contributed by atoms with Crippen molar-refractivity contribution in [1.82, 2.24) is 0 Å². The van der Waals surface area contributed by atoms with Crippen LogP contribution in [-0.4, -0.2) is 13.3 Å². The fraction of sp³-hybridized carbons (Fsp3) is 0.150. The summed E-state index contributed by atoms with van der Waals surface area (Å²) in [5.41, 5.74) is -0.165. The number of hydrogen-bond acceptors (Lipinski definition) is 3. The molecule has 0 N–H and O–H groups in total. The highest BCUT2D eigenvalue weighted by molar-refractivity contribution is 5.97. The fourth-order valence-corrected chi connectivity index (χ4v) is 2.72. The lowest BCUT2D eigenvalue weighted by Gasteiger charge is -2.11. The van der Waals surface area contributed by atoms with Crippen molar-refractivity contribution in [3.8, 4) is 5.75 Å². The van der Waals surface area contributed by atoms with E-state index in [0.717, 1.165) is 13.0 Å². The van der Waals surface area contributed by atoms with Gasteiger partial charge in [0, 0.05) is 5.57 Å². The lowest BCUT2D eigenvalue weighted by atomic mass is 9.98. The number of ether oxygens (including phenoxy) is 1. The summed E-state index contributed by atoms with van der Waals surface area (Å²) < 4.78 is 49.9. The molecule has 0 unspecified atom stereocenters. The Balaban J connectivity index is 2.47. The molecule has 3 nitrogen and oxygen atoms in total. The largest absolute Gasteiger partial charge is 0.497 e. The second-order valence-electron chi connectivity index (χ2n) is 5.76. The second kappa shape index (κ2) is 6.37. The van der Waals surface area contributed by atoms with Crippen LogP contribution in [0.5, 0.6) is 5.75 Å². The molecule has 26 heavy (non-hydrogen) atoms. The topological polar surface area (TPSA) is 39.4 Å². The van der Waals surface area contributed by atoms with Gasteiger partial charge in [0.25, 0.3) is 0 Å². The smallest absolute Gasteiger partial charge is 0.412 e. The molecule has 0 radical (unpaired) electrons. The standard InChI is InChI=1S/C20H15F3O3/c1-4-12-5-7-17-18(14(12)9-11(2)20(21,22)23)19(24)15-10-13(25-3)6-8-16(15)26-17/h4-10H,1H2,2-3H3/b11-9+. The quantitative estimate of drug-likeness (QED) is 0.574. The normalized spacial score (nSPS) is 12.6. The number of fused-ring (bicyclic) bond motifs is 2. The summed E-state index contributed by atoms with van der Waals surface area (Å²) in [7, 11) is 1.46. The van der Waals surface area contributed by atoms with E-state index in [4.69, 9.17) is 9.15 Å². The van der Waals surface area contributed by atoms with Gasteiger partial charge in [0.05, 0.1) is 17.9 Å². The molecule has 2 aromatic carbocycles. The van der Waals surface area contributed by atoms with E-state index < -0.39 is 17.2 Å². The summed E-state index contributed by atoms with van der Waals surface area (Å²) in [5, 5.41) is 0.309. The molecule has 3 aromatic rings. The number of halogens is 3. The first kappa shape index (κ1) is 17.8. The van der Waals surface area contributed by atoms with E-state index in [1.807, 2.05) is 0 Å². The highest BCUT2D eigenvalue weighted by Gasteiger charge is 2.30. The van der Waals surface area contributed by atoms with Gasteiger partial charge in [-0.3, -0.25) is 4.79 Å². The summed E-state index contributed by atoms with van der Waals surface area (Å²) >= 11 is 0. The Morgan fingerprint density at radius 2 is 1.88 bits per heavy atom. The van der Waals surface area contributed by atoms with Gasteiger partial charge >= 0.3 is 6.18 Å². The Morgan fingerprint density at radius 1 is 1.19 bits per heavy atom. The van der Waals surface area contributed by atoms with Crippen LogP contribution >= 0.6 is 0 Å². The highest BCUT2D eigenvalue weighted by Crippen LogP contribution is 2.32. The van der Waals surface area contributed by atoms with Crippen LogP contribution in [0.3, 0.4) is 0 Å². The van der Waals surface area contributed by atoms with Gasteiger partial charge in [-0.2, -0.15) is 13.2 Å². The predicted molar refractivity (Wildman–Crippen MR) is 96.3 cm³/mol. The third-order valence-corrected chi connectivity index (χ3v) is 4.15. The molecule has 0 aliphatic heterocycles. The van der Waals surface area contributed by atoms with Crippen LogP contribution in [0.25, 0.3) is 34.1 Å². The first-order chi connectivity index (χ1) is 12.3. The molecule has 3 rings (SSSR count). The van der Waals surface area contributed by atoms with Crippen molar-refractivity contribution in [1.29, 1.82) is 0 Å². The minimum atomic E-state index is -4.50. The molecular formula is C20H15F3O3. The van der Waals surface area contributed by atoms with E-state index in [0.29, 0.717) is 16.9 Å². The zero-order valence-electron chi connectivity index (χ0n) is 14.1. The molecule has 0 aliphatic carbocycles. The monoisotopic (exact) mass is 360 g/mol. The molecule has 0 bridgehead atoms. The molecular weight excluding hydrogens is 345 g/mol. The Hall–Kier alpha value is -3.02. The van der Waals surface area contributed by atoms with Crippen molar-refractivity contribution in [3.05, 3.63) is 63.8 Å². The van der Waals surface area contributed by atoms with Crippen LogP contribution in [0, 0.1) is 0 Å². The van der Waals surface area contributed by atoms with Gasteiger partial charge < -0.3 is 9.15 Å². The van der Waals surface area contributed by atoms with Gasteiger partial charge in [-0.05, 0) is 48.4 Å². The molecule has 1 aromatic heterocycles. The molecule has 0 fully saturated rings. The van der Waals surface area contributed by atoms with E-state index in [2.05, 4.69) is 6.58 Å². The van der Waals surface area contributed by atoms with E-state index in [1.165, 1.54) is 19.3 Å². The molecule has 134 valence electrons. The Morgan fingerprint density at radius 3 is 2.50 bits per heavy atom. The molecule has 1 heterocycles. The maximum Gasteiger partial charge on any atom is 0.412 e. The number of hydrogen-bond donors (Lipinski definition) is 0. The van der Waals surface area contributed by atoms with Crippen molar-refractivity contribution in [2.75, 3.05) is 7.11 Å². The summed E-state index contributed by atoms with van der Waals surface area (Å²) in [5.74, 6) is 0.451. The number of benzene rings is 2. The second-order valence-corrected chi connectivity index (χ2v) is 5.76. The summed E-state index contributed by atoms with van der Waals surface area (Å²) in [4.78, 5) is 13.0. The van der Waals surface area contributed by atoms with Gasteiger partial charge in [-0.15, -0.1) is 0 Å². The van der Waals surface area contributed by atoms with Crippen molar-refractivity contribution in [3.63, 3.8) is 0 Å². The third kappa shape index (κ3) is 2.98. The molecule has 6 heteroatoms. The van der Waals surface area contributed by atoms with Gasteiger partial charge in [-0.1, -0.05) is 18.7 Å². The third-order valence-electron chi connectivity index (χ3n) is 4.15. The highest BCUT2D eigenvalue weighted by atomic mass is 19.4. The van der Waals surface area contributed by atoms with Crippen LogP contribution in [0.15, 0.2) is 51.7 Å². The Kier molecular flexibility index (Phi) is 4.36. The SMILES string of the molecule is C=Cc1ccc2oc3ccc(OC)cc3c(=O)c2c1/C=C(\C)C(F)(F)F. The number of allylic oxidation sites excluding steroid dienone is 1. The van der Waals surface area contributed by atoms with Gasteiger partial charge in [0.2, 0.25) is 5.43 Å². The van der Waals surface area contributed by atoms with Crippen LogP contribution in [0.4, 0.5) is 13.2 Å². The van der Waals surface area contributed by atoms with Crippen LogP contribution in [0.2, 0.25) is 0 Å². The summed E-state index contributed by atoms with van der Waals surface area (Å²) in [6.45, 7) is 4.58. The fourth-order valence-electron chi connectivity index (χ4n) is 2.72. The number of methoxy groups -OCH3 is 1. The first-order valence-electron chi connectivity index (χ1n) is 7.71. The van der Waals surface area contributed by atoms with E-state index >= 15 is 0 Å². The Bertz CT molecular complexity index is 1110. The lowest BCUT2D eigenvalue weighted by Crippen LogP contribution is -2.10. The average Bonchev–Trinajstić information content (AvgIpc) is 2.60. The van der Waals surface area contributed by atoms with Crippen molar-refractivity contribution >= 4 is 34.1 Å². The van der Waals surface area contributed by atoms with Crippen LogP contribution in [-0.2, 0) is 0 Å². The summed E-state index contributed by atoms with van der Waals surface area (Å²) in [6, 6.07) is 7.86. The van der Waals surface area contributed by atoms with E-state index in [1.54, 1.807) is 24.3 Å². The van der Waals surface area contributed by atoms with E-state index in [9.17, 15) is 18.0 Å². The van der Waals surface area contributed by atoms with E-state index in [-0.39, 0.29) is 21.9 Å². The van der Waals surface area contributed by atoms with Crippen LogP contribution < -0.4 is 10.2 Å². The molecule has 0 amide bonds. The molecule has 0 spiro atoms. The molecule has 0 atom stereocenters. The lowest BCUT2D eigenvalue weighted by molar-refractivity contribution is -0.0903. The van der Waals surface area contributed by atoms with Crippen molar-refractivity contribution in [2.24, 2.45) is 0 Å². The van der Waals surface area contributed by atoms with Gasteiger partial charge in [0.15, 0.2) is 0 Å². The minimum absolute atomic E-state index is 0.0757. The molecule has 0 saturated heterocycles. The Labute approximate surface area is 147 Å². The number of alkyl halides is 3. The first-order valence-corrected chi connectivity index (χ1v) is 7.71. The number of rotatable bonds is 3. The summed E-state index contributed by atoms with van der Waals surface area (Å²) in [6.07, 6.45) is -2.15. The maximum atomic E-state index is 13.0. The average molecular weight is 360 g/mol. The van der Waals surface area contributed by atoms with Crippen molar-refractivity contribution < 1.29 is 22.3 Å². The molecule has 0 aliphatic rings. The van der Waals surface area contributed by atoms with Crippen LogP contribution in [0.1, 0.15) is 18.1 Å². The van der Waals surface area contributed by atoms with Gasteiger partial charge in [0.1, 0.15) is 16.9 Å². The zero-order valence-corrected chi connectivity index (χ0v) is 14.1. The maximum absolute atomic E-state index is 13.0. The predicted octanol–water partition coefficient (Wildman–Crippen LogP) is 5.56. The van der Waals surface area contributed by atoms with Crippen molar-refractivity contribution in [2.45, 2.75) is 13.1 Å².